The summed E-state index contributed by atoms with van der Waals surface area (Å²) < 4.78 is 5.16. The molecule has 3 rings (SSSR count). The molecule has 1 aromatic heterocycles. The molecule has 22 heavy (non-hydrogen) atoms. The number of rotatable bonds is 6. The van der Waals surface area contributed by atoms with Crippen LogP contribution in [0.3, 0.4) is 0 Å². The van der Waals surface area contributed by atoms with E-state index in [9.17, 15) is 9.59 Å². The van der Waals surface area contributed by atoms with Gasteiger partial charge in [0.25, 0.3) is 5.91 Å². The number of benzene rings is 1. The zero-order valence-electron chi connectivity index (χ0n) is 12.2. The minimum atomic E-state index is -0.148. The highest BCUT2D eigenvalue weighted by molar-refractivity contribution is 5.94. The third kappa shape index (κ3) is 3.75. The predicted octanol–water partition coefficient (Wildman–Crippen LogP) is 2.24. The van der Waals surface area contributed by atoms with E-state index in [4.69, 9.17) is 4.42 Å². The second-order valence-electron chi connectivity index (χ2n) is 5.45. The Labute approximate surface area is 128 Å². The van der Waals surface area contributed by atoms with Crippen LogP contribution < -0.4 is 10.6 Å². The van der Waals surface area contributed by atoms with Gasteiger partial charge in [-0.2, -0.15) is 0 Å². The van der Waals surface area contributed by atoms with Crippen molar-refractivity contribution in [1.82, 2.24) is 10.6 Å². The third-order valence-corrected chi connectivity index (χ3v) is 3.63. The van der Waals surface area contributed by atoms with Crippen LogP contribution in [0.4, 0.5) is 0 Å². The van der Waals surface area contributed by atoms with E-state index in [0.717, 1.165) is 18.4 Å². The van der Waals surface area contributed by atoms with E-state index in [2.05, 4.69) is 10.6 Å². The van der Waals surface area contributed by atoms with Gasteiger partial charge in [-0.15, -0.1) is 0 Å². The molecule has 2 amide bonds. The topological polar surface area (TPSA) is 71.3 Å². The standard InChI is InChI=1S/C17H18N2O3/c20-16(14-7-8-14)18-10-12-3-5-13(6-4-12)17(21)19-11-15-2-1-9-22-15/h1-6,9,14H,7-8,10-11H2,(H,18,20)(H,19,21). The van der Waals surface area contributed by atoms with E-state index in [1.165, 1.54) is 0 Å². The van der Waals surface area contributed by atoms with Gasteiger partial charge in [-0.25, -0.2) is 0 Å². The molecule has 0 aliphatic heterocycles. The van der Waals surface area contributed by atoms with Gasteiger partial charge < -0.3 is 15.1 Å². The summed E-state index contributed by atoms with van der Waals surface area (Å²) >= 11 is 0. The fraction of sp³-hybridized carbons (Fsp3) is 0.294. The molecular formula is C17H18N2O3. The van der Waals surface area contributed by atoms with Crippen LogP contribution in [0.2, 0.25) is 0 Å². The van der Waals surface area contributed by atoms with Gasteiger partial charge >= 0.3 is 0 Å². The molecule has 0 spiro atoms. The Morgan fingerprint density at radius 2 is 1.82 bits per heavy atom. The normalized spacial score (nSPS) is 13.6. The van der Waals surface area contributed by atoms with Crippen LogP contribution in [0.15, 0.2) is 47.1 Å². The van der Waals surface area contributed by atoms with Crippen molar-refractivity contribution in [3.63, 3.8) is 0 Å². The Morgan fingerprint density at radius 3 is 2.45 bits per heavy atom. The molecule has 0 saturated heterocycles. The fourth-order valence-corrected chi connectivity index (χ4v) is 2.14. The maximum Gasteiger partial charge on any atom is 0.251 e. The molecule has 2 N–H and O–H groups in total. The maximum atomic E-state index is 12.0. The fourth-order valence-electron chi connectivity index (χ4n) is 2.14. The van der Waals surface area contributed by atoms with E-state index >= 15 is 0 Å². The lowest BCUT2D eigenvalue weighted by atomic mass is 10.1. The monoisotopic (exact) mass is 298 g/mol. The van der Waals surface area contributed by atoms with Gasteiger partial charge in [0.2, 0.25) is 5.91 Å². The van der Waals surface area contributed by atoms with Gasteiger partial charge in [0.05, 0.1) is 12.8 Å². The smallest absolute Gasteiger partial charge is 0.251 e. The number of carbonyl (C=O) groups excluding carboxylic acids is 2. The molecule has 1 aromatic carbocycles. The lowest BCUT2D eigenvalue weighted by Gasteiger charge is -2.06. The first kappa shape index (κ1) is 14.4. The van der Waals surface area contributed by atoms with Crippen molar-refractivity contribution in [2.24, 2.45) is 5.92 Å². The average Bonchev–Trinajstić information content (AvgIpc) is 3.27. The molecular weight excluding hydrogens is 280 g/mol. The van der Waals surface area contributed by atoms with E-state index < -0.39 is 0 Å². The summed E-state index contributed by atoms with van der Waals surface area (Å²) in [5.41, 5.74) is 1.57. The Kier molecular flexibility index (Phi) is 4.23. The first-order valence-corrected chi connectivity index (χ1v) is 7.39. The largest absolute Gasteiger partial charge is 0.467 e. The molecule has 114 valence electrons. The van der Waals surface area contributed by atoms with Gasteiger partial charge in [-0.1, -0.05) is 12.1 Å². The highest BCUT2D eigenvalue weighted by atomic mass is 16.3. The molecule has 1 aliphatic rings. The number of nitrogens with one attached hydrogen (secondary N) is 2. The zero-order valence-corrected chi connectivity index (χ0v) is 12.2. The highest BCUT2D eigenvalue weighted by Gasteiger charge is 2.29. The van der Waals surface area contributed by atoms with Crippen molar-refractivity contribution in [2.45, 2.75) is 25.9 Å². The SMILES string of the molecule is O=C(NCc1ccco1)c1ccc(CNC(=O)C2CC2)cc1. The minimum absolute atomic E-state index is 0.125. The molecule has 1 heterocycles. The molecule has 2 aromatic rings. The molecule has 1 fully saturated rings. The lowest BCUT2D eigenvalue weighted by Crippen LogP contribution is -2.24. The Balaban J connectivity index is 1.49. The van der Waals surface area contributed by atoms with Crippen molar-refractivity contribution in [2.75, 3.05) is 0 Å². The van der Waals surface area contributed by atoms with Crippen LogP contribution in [0.5, 0.6) is 0 Å². The highest BCUT2D eigenvalue weighted by Crippen LogP contribution is 2.28. The maximum absolute atomic E-state index is 12.0. The van der Waals surface area contributed by atoms with Gasteiger partial charge in [0.1, 0.15) is 5.76 Å². The van der Waals surface area contributed by atoms with Gasteiger partial charge in [-0.3, -0.25) is 9.59 Å². The zero-order chi connectivity index (χ0) is 15.4. The van der Waals surface area contributed by atoms with Crippen molar-refractivity contribution in [3.8, 4) is 0 Å². The average molecular weight is 298 g/mol. The summed E-state index contributed by atoms with van der Waals surface area (Å²) in [4.78, 5) is 23.6. The number of carbonyl (C=O) groups is 2. The van der Waals surface area contributed by atoms with Crippen molar-refractivity contribution >= 4 is 11.8 Å². The second kappa shape index (κ2) is 6.47. The quantitative estimate of drug-likeness (QED) is 0.859. The summed E-state index contributed by atoms with van der Waals surface area (Å²) in [7, 11) is 0. The van der Waals surface area contributed by atoms with Gasteiger partial charge in [-0.05, 0) is 42.7 Å². The first-order valence-electron chi connectivity index (χ1n) is 7.39. The van der Waals surface area contributed by atoms with Crippen LogP contribution in [0.25, 0.3) is 0 Å². The Morgan fingerprint density at radius 1 is 1.05 bits per heavy atom. The Bertz CT molecular complexity index is 643. The van der Waals surface area contributed by atoms with E-state index in [1.807, 2.05) is 18.2 Å². The summed E-state index contributed by atoms with van der Waals surface area (Å²) in [5.74, 6) is 0.907. The molecule has 5 nitrogen and oxygen atoms in total. The first-order chi connectivity index (χ1) is 10.7. The predicted molar refractivity (Wildman–Crippen MR) is 80.9 cm³/mol. The molecule has 0 atom stereocenters. The second-order valence-corrected chi connectivity index (χ2v) is 5.45. The number of amides is 2. The van der Waals surface area contributed by atoms with Gasteiger partial charge in [0.15, 0.2) is 0 Å². The summed E-state index contributed by atoms with van der Waals surface area (Å²) in [6.45, 7) is 0.870. The molecule has 0 radical (unpaired) electrons. The van der Waals surface area contributed by atoms with Crippen molar-refractivity contribution < 1.29 is 14.0 Å². The van der Waals surface area contributed by atoms with E-state index in [0.29, 0.717) is 24.4 Å². The third-order valence-electron chi connectivity index (χ3n) is 3.63. The van der Waals surface area contributed by atoms with E-state index in [-0.39, 0.29) is 17.7 Å². The number of furan rings is 1. The van der Waals surface area contributed by atoms with Crippen LogP contribution in [-0.2, 0) is 17.9 Å². The van der Waals surface area contributed by atoms with Crippen molar-refractivity contribution in [3.05, 3.63) is 59.5 Å². The number of hydrogen-bond donors (Lipinski definition) is 2. The lowest BCUT2D eigenvalue weighted by molar-refractivity contribution is -0.122. The molecule has 5 heteroatoms. The molecule has 0 bridgehead atoms. The summed E-state index contributed by atoms with van der Waals surface area (Å²) in [6.07, 6.45) is 3.58. The van der Waals surface area contributed by atoms with Gasteiger partial charge in [0, 0.05) is 18.0 Å². The van der Waals surface area contributed by atoms with E-state index in [1.54, 1.807) is 24.5 Å². The molecule has 1 saturated carbocycles. The van der Waals surface area contributed by atoms with Crippen molar-refractivity contribution in [1.29, 1.82) is 0 Å². The minimum Gasteiger partial charge on any atom is -0.467 e. The van der Waals surface area contributed by atoms with Crippen LogP contribution in [-0.4, -0.2) is 11.8 Å². The molecule has 0 unspecified atom stereocenters. The molecule has 1 aliphatic carbocycles. The number of hydrogen-bond acceptors (Lipinski definition) is 3. The van der Waals surface area contributed by atoms with Crippen LogP contribution in [0.1, 0.15) is 34.5 Å². The van der Waals surface area contributed by atoms with Crippen LogP contribution >= 0.6 is 0 Å². The van der Waals surface area contributed by atoms with Crippen LogP contribution in [0, 0.1) is 5.92 Å². The summed E-state index contributed by atoms with van der Waals surface area (Å²) in [6, 6.07) is 10.8. The Hall–Kier alpha value is -2.56. The summed E-state index contributed by atoms with van der Waals surface area (Å²) in [5, 5.41) is 5.69.